The van der Waals surface area contributed by atoms with E-state index in [4.69, 9.17) is 4.74 Å². The van der Waals surface area contributed by atoms with Gasteiger partial charge in [0.25, 0.3) is 0 Å². The summed E-state index contributed by atoms with van der Waals surface area (Å²) in [7, 11) is 1.64. The van der Waals surface area contributed by atoms with Gasteiger partial charge in [0, 0.05) is 18.0 Å². The van der Waals surface area contributed by atoms with Crippen LogP contribution in [-0.2, 0) is 6.54 Å². The molecule has 1 N–H and O–H groups in total. The minimum atomic E-state index is -0.817. The summed E-state index contributed by atoms with van der Waals surface area (Å²) in [6, 6.07) is 8.13. The predicted molar refractivity (Wildman–Crippen MR) is 91.2 cm³/mol. The number of fused-ring (bicyclic) bond motifs is 1. The molecule has 0 aliphatic heterocycles. The van der Waals surface area contributed by atoms with E-state index in [9.17, 15) is 10.4 Å². The number of benzene rings is 1. The average Bonchev–Trinajstić information content (AvgIpc) is 2.87. The molecule has 1 atom stereocenters. The van der Waals surface area contributed by atoms with Crippen LogP contribution in [0.15, 0.2) is 36.4 Å². The lowest BCUT2D eigenvalue weighted by Gasteiger charge is -2.22. The Labute approximate surface area is 135 Å². The van der Waals surface area contributed by atoms with Gasteiger partial charge in [-0.05, 0) is 38.0 Å². The smallest absolute Gasteiger partial charge is 0.120 e. The molecule has 1 aromatic carbocycles. The lowest BCUT2D eigenvalue weighted by molar-refractivity contribution is 0.114. The number of hydrogen-bond donors (Lipinski definition) is 1. The molecule has 0 spiro atoms. The van der Waals surface area contributed by atoms with Crippen molar-refractivity contribution in [2.45, 2.75) is 32.4 Å². The first-order valence-corrected chi connectivity index (χ1v) is 7.73. The third kappa shape index (κ3) is 2.54. The third-order valence-electron chi connectivity index (χ3n) is 4.33. The molecule has 1 aliphatic rings. The number of allylic oxidation sites excluding steroid dienone is 2. The molecular formula is C19H20N2O2. The first-order chi connectivity index (χ1) is 11.0. The van der Waals surface area contributed by atoms with Gasteiger partial charge in [0.05, 0.1) is 29.5 Å². The number of ether oxygens (including phenoxy) is 1. The zero-order valence-corrected chi connectivity index (χ0v) is 13.6. The number of hydrogen-bond acceptors (Lipinski definition) is 3. The molecule has 0 radical (unpaired) electrons. The number of aliphatic hydroxyl groups is 1. The molecular weight excluding hydrogens is 288 g/mol. The highest BCUT2D eigenvalue weighted by atomic mass is 16.5. The summed E-state index contributed by atoms with van der Waals surface area (Å²) in [5.41, 5.74) is 2.73. The van der Waals surface area contributed by atoms with E-state index in [1.807, 2.05) is 30.4 Å². The second-order valence-corrected chi connectivity index (χ2v) is 6.02. The molecule has 1 unspecified atom stereocenters. The number of nitrogens with zero attached hydrogens (tertiary/aromatic N) is 2. The summed E-state index contributed by atoms with van der Waals surface area (Å²) in [6.07, 6.45) is 6.24. The molecule has 4 heteroatoms. The van der Waals surface area contributed by atoms with E-state index in [0.29, 0.717) is 12.0 Å². The van der Waals surface area contributed by atoms with Crippen molar-refractivity contribution in [3.05, 3.63) is 47.7 Å². The largest absolute Gasteiger partial charge is 0.497 e. The van der Waals surface area contributed by atoms with Gasteiger partial charge in [-0.15, -0.1) is 0 Å². The van der Waals surface area contributed by atoms with Crippen LogP contribution in [-0.4, -0.2) is 22.4 Å². The van der Waals surface area contributed by atoms with E-state index >= 15 is 0 Å². The second-order valence-electron chi connectivity index (χ2n) is 6.02. The normalized spacial score (nSPS) is 20.4. The molecule has 1 aliphatic carbocycles. The Hall–Kier alpha value is -2.51. The van der Waals surface area contributed by atoms with E-state index in [1.165, 1.54) is 0 Å². The molecule has 23 heavy (non-hydrogen) atoms. The fourth-order valence-corrected chi connectivity index (χ4v) is 3.10. The number of methoxy groups -OCH3 is 1. The van der Waals surface area contributed by atoms with Crippen LogP contribution in [0.1, 0.15) is 31.5 Å². The molecule has 0 saturated carbocycles. The topological polar surface area (TPSA) is 58.2 Å². The Kier molecular flexibility index (Phi) is 3.75. The summed E-state index contributed by atoms with van der Waals surface area (Å²) in [5, 5.41) is 20.7. The molecule has 2 aromatic rings. The van der Waals surface area contributed by atoms with Crippen molar-refractivity contribution in [1.29, 1.82) is 5.26 Å². The molecule has 3 rings (SSSR count). The van der Waals surface area contributed by atoms with Crippen molar-refractivity contribution in [2.24, 2.45) is 0 Å². The van der Waals surface area contributed by atoms with Gasteiger partial charge in [0.1, 0.15) is 11.8 Å². The Morgan fingerprint density at radius 3 is 2.78 bits per heavy atom. The molecule has 0 fully saturated rings. The second kappa shape index (κ2) is 5.60. The fourth-order valence-electron chi connectivity index (χ4n) is 3.10. The maximum absolute atomic E-state index is 10.1. The summed E-state index contributed by atoms with van der Waals surface area (Å²) in [5.74, 6) is 0.775. The van der Waals surface area contributed by atoms with Crippen molar-refractivity contribution >= 4 is 16.5 Å². The van der Waals surface area contributed by atoms with Gasteiger partial charge in [-0.1, -0.05) is 18.2 Å². The quantitative estimate of drug-likeness (QED) is 0.942. The number of nitriles is 1. The maximum Gasteiger partial charge on any atom is 0.120 e. The van der Waals surface area contributed by atoms with Crippen LogP contribution in [0.4, 0.5) is 0 Å². The van der Waals surface area contributed by atoms with E-state index < -0.39 is 5.60 Å². The summed E-state index contributed by atoms with van der Waals surface area (Å²) in [4.78, 5) is 0. The van der Waals surface area contributed by atoms with E-state index in [1.54, 1.807) is 20.1 Å². The van der Waals surface area contributed by atoms with Crippen LogP contribution in [0.25, 0.3) is 16.5 Å². The van der Waals surface area contributed by atoms with E-state index in [-0.39, 0.29) is 0 Å². The molecule has 0 bridgehead atoms. The first kappa shape index (κ1) is 15.4. The molecule has 0 amide bonds. The molecule has 0 saturated heterocycles. The Balaban J connectivity index is 2.26. The van der Waals surface area contributed by atoms with Gasteiger partial charge >= 0.3 is 0 Å². The highest BCUT2D eigenvalue weighted by Crippen LogP contribution is 2.35. The van der Waals surface area contributed by atoms with Gasteiger partial charge in [0.2, 0.25) is 0 Å². The molecule has 1 aromatic heterocycles. The van der Waals surface area contributed by atoms with Crippen LogP contribution in [0.5, 0.6) is 5.75 Å². The molecule has 4 nitrogen and oxygen atoms in total. The average molecular weight is 308 g/mol. The lowest BCUT2D eigenvalue weighted by atomic mass is 9.92. The number of aromatic nitrogens is 1. The SMILES string of the molecule is CCn1c(C2=CCC(C)(O)C=C2)c(C#N)c2ccc(OC)cc21. The highest BCUT2D eigenvalue weighted by Gasteiger charge is 2.23. The molecule has 1 heterocycles. The van der Waals surface area contributed by atoms with E-state index in [0.717, 1.165) is 34.5 Å². The van der Waals surface area contributed by atoms with Crippen molar-refractivity contribution in [2.75, 3.05) is 7.11 Å². The monoisotopic (exact) mass is 308 g/mol. The van der Waals surface area contributed by atoms with Gasteiger partial charge in [-0.2, -0.15) is 5.26 Å². The third-order valence-corrected chi connectivity index (χ3v) is 4.33. The van der Waals surface area contributed by atoms with Crippen LogP contribution in [0, 0.1) is 11.3 Å². The fraction of sp³-hybridized carbons (Fsp3) is 0.316. The van der Waals surface area contributed by atoms with Crippen LogP contribution in [0.2, 0.25) is 0 Å². The lowest BCUT2D eigenvalue weighted by Crippen LogP contribution is -2.21. The minimum absolute atomic E-state index is 0.540. The standard InChI is InChI=1S/C19H20N2O2/c1-4-21-17-11-14(23-3)5-6-15(17)16(12-20)18(21)13-7-9-19(2,22)10-8-13/h5-9,11,22H,4,10H2,1-3H3. The van der Waals surface area contributed by atoms with Crippen molar-refractivity contribution < 1.29 is 9.84 Å². The maximum atomic E-state index is 10.1. The van der Waals surface area contributed by atoms with Crippen molar-refractivity contribution in [3.63, 3.8) is 0 Å². The Morgan fingerprint density at radius 2 is 2.22 bits per heavy atom. The highest BCUT2D eigenvalue weighted by molar-refractivity contribution is 5.95. The van der Waals surface area contributed by atoms with E-state index in [2.05, 4.69) is 17.6 Å². The summed E-state index contributed by atoms with van der Waals surface area (Å²) < 4.78 is 7.45. The van der Waals surface area contributed by atoms with Crippen molar-refractivity contribution in [3.8, 4) is 11.8 Å². The summed E-state index contributed by atoms with van der Waals surface area (Å²) >= 11 is 0. The Morgan fingerprint density at radius 1 is 1.43 bits per heavy atom. The zero-order chi connectivity index (χ0) is 16.6. The van der Waals surface area contributed by atoms with Crippen LogP contribution >= 0.6 is 0 Å². The summed E-state index contributed by atoms with van der Waals surface area (Å²) in [6.45, 7) is 4.59. The molecule has 118 valence electrons. The minimum Gasteiger partial charge on any atom is -0.497 e. The van der Waals surface area contributed by atoms with Crippen LogP contribution < -0.4 is 4.74 Å². The first-order valence-electron chi connectivity index (χ1n) is 7.73. The predicted octanol–water partition coefficient (Wildman–Crippen LogP) is 3.64. The zero-order valence-electron chi connectivity index (χ0n) is 13.6. The number of rotatable bonds is 3. The van der Waals surface area contributed by atoms with Gasteiger partial charge in [-0.3, -0.25) is 0 Å². The van der Waals surface area contributed by atoms with Crippen LogP contribution in [0.3, 0.4) is 0 Å². The van der Waals surface area contributed by atoms with Gasteiger partial charge in [-0.25, -0.2) is 0 Å². The number of aryl methyl sites for hydroxylation is 1. The van der Waals surface area contributed by atoms with Gasteiger partial charge in [0.15, 0.2) is 0 Å². The Bertz CT molecular complexity index is 864. The van der Waals surface area contributed by atoms with Crippen molar-refractivity contribution in [1.82, 2.24) is 4.57 Å². The van der Waals surface area contributed by atoms with Gasteiger partial charge < -0.3 is 14.4 Å².